The zero-order chi connectivity index (χ0) is 57.6. The molecule has 22 heteroatoms. The first kappa shape index (κ1) is 58.3. The van der Waals surface area contributed by atoms with Crippen molar-refractivity contribution in [1.82, 2.24) is 51.3 Å². The number of carbonyl (C=O) groups is 5. The Hall–Kier alpha value is -7.36. The van der Waals surface area contributed by atoms with Gasteiger partial charge in [0, 0.05) is 61.6 Å². The smallest absolute Gasteiger partial charge is 0.407 e. The molecule has 2 aliphatic carbocycles. The van der Waals surface area contributed by atoms with Gasteiger partial charge in [0.15, 0.2) is 21.8 Å². The third-order valence-electron chi connectivity index (χ3n) is 16.7. The van der Waals surface area contributed by atoms with Crippen LogP contribution in [0.3, 0.4) is 0 Å². The van der Waals surface area contributed by atoms with Gasteiger partial charge in [-0.25, -0.2) is 28.2 Å². The van der Waals surface area contributed by atoms with E-state index in [0.717, 1.165) is 93.5 Å². The van der Waals surface area contributed by atoms with Gasteiger partial charge in [-0.05, 0) is 147 Å². The molecule has 21 nitrogen and oxygen atoms in total. The first-order valence-electron chi connectivity index (χ1n) is 28.6. The van der Waals surface area contributed by atoms with Gasteiger partial charge in [-0.15, -0.1) is 0 Å². The molecule has 0 spiro atoms. The molecular weight excluding hydrogens is 1050 g/mol. The van der Waals surface area contributed by atoms with E-state index in [1.807, 2.05) is 38.1 Å². The highest BCUT2D eigenvalue weighted by Gasteiger charge is 2.46. The van der Waals surface area contributed by atoms with E-state index < -0.39 is 56.7 Å². The minimum absolute atomic E-state index is 0.0465. The third-order valence-corrected chi connectivity index (χ3v) is 19.2. The second kappa shape index (κ2) is 25.2. The molecule has 2 unspecified atom stereocenters. The Balaban J connectivity index is 0.816. The lowest BCUT2D eigenvalue weighted by Crippen LogP contribution is -2.58. The maximum Gasteiger partial charge on any atom is 0.407 e. The molecule has 81 heavy (non-hydrogen) atoms. The average Bonchev–Trinajstić information content (AvgIpc) is 4.08. The number of aryl methyl sites for hydroxylation is 2. The summed E-state index contributed by atoms with van der Waals surface area (Å²) >= 11 is 0. The zero-order valence-electron chi connectivity index (χ0n) is 47.6. The monoisotopic (exact) mass is 1130 g/mol. The van der Waals surface area contributed by atoms with Gasteiger partial charge in [-0.2, -0.15) is 5.10 Å². The van der Waals surface area contributed by atoms with Crippen LogP contribution in [0.1, 0.15) is 144 Å². The third kappa shape index (κ3) is 13.4. The van der Waals surface area contributed by atoms with Crippen molar-refractivity contribution in [2.75, 3.05) is 43.5 Å². The number of pyridine rings is 1. The largest absolute Gasteiger partial charge is 0.492 e. The Morgan fingerprint density at radius 3 is 2.36 bits per heavy atom. The Kier molecular flexibility index (Phi) is 18.1. The number of amides is 5. The summed E-state index contributed by atoms with van der Waals surface area (Å²) in [7, 11) is -2.45. The maximum atomic E-state index is 14.9. The number of ether oxygens (including phenoxy) is 2. The van der Waals surface area contributed by atoms with Gasteiger partial charge in [0.05, 0.1) is 28.5 Å². The number of H-pyrrole nitrogens is 1. The van der Waals surface area contributed by atoms with Crippen LogP contribution in [0.2, 0.25) is 0 Å². The van der Waals surface area contributed by atoms with Crippen LogP contribution >= 0.6 is 0 Å². The number of alkyl carbamates (subject to hydrolysis) is 1. The highest BCUT2D eigenvalue weighted by atomic mass is 32.2. The summed E-state index contributed by atoms with van der Waals surface area (Å²) in [5.74, 6) is 0.513. The fourth-order valence-corrected chi connectivity index (χ4v) is 13.0. The Bertz CT molecular complexity index is 3210. The minimum atomic E-state index is -3.84. The van der Waals surface area contributed by atoms with Crippen LogP contribution in [0.15, 0.2) is 66.0 Å². The molecule has 5 aromatic rings. The molecule has 9 rings (SSSR count). The molecule has 2 aliphatic heterocycles. The van der Waals surface area contributed by atoms with E-state index in [2.05, 4.69) is 57.7 Å². The fourth-order valence-electron chi connectivity index (χ4n) is 11.7. The Morgan fingerprint density at radius 2 is 1.65 bits per heavy atom. The zero-order valence-corrected chi connectivity index (χ0v) is 48.4. The molecule has 5 amide bonds. The van der Waals surface area contributed by atoms with Crippen molar-refractivity contribution in [3.05, 3.63) is 89.0 Å². The first-order chi connectivity index (χ1) is 38.8. The molecule has 5 heterocycles. The van der Waals surface area contributed by atoms with E-state index >= 15 is 0 Å². The molecule has 1 saturated carbocycles. The van der Waals surface area contributed by atoms with Crippen molar-refractivity contribution >= 4 is 67.9 Å². The normalized spacial score (nSPS) is 19.7. The van der Waals surface area contributed by atoms with E-state index in [9.17, 15) is 32.4 Å². The van der Waals surface area contributed by atoms with E-state index in [4.69, 9.17) is 14.5 Å². The van der Waals surface area contributed by atoms with Gasteiger partial charge in [0.2, 0.25) is 11.8 Å². The molecule has 6 N–H and O–H groups in total. The van der Waals surface area contributed by atoms with Crippen LogP contribution in [0.4, 0.5) is 22.2 Å². The molecule has 2 aromatic carbocycles. The fraction of sp³-hybridized carbons (Fsp3) is 0.542. The van der Waals surface area contributed by atoms with Crippen molar-refractivity contribution in [2.24, 2.45) is 11.8 Å². The van der Waals surface area contributed by atoms with Gasteiger partial charge in [0.1, 0.15) is 40.7 Å². The topological polar surface area (TPSA) is 272 Å². The van der Waals surface area contributed by atoms with Crippen molar-refractivity contribution < 1.29 is 41.9 Å². The number of piperidine rings is 1. The van der Waals surface area contributed by atoms with Crippen molar-refractivity contribution in [3.63, 3.8) is 0 Å². The summed E-state index contributed by atoms with van der Waals surface area (Å²) in [6.45, 7) is 12.2. The number of anilines is 3. The van der Waals surface area contributed by atoms with Crippen molar-refractivity contribution in [3.8, 4) is 5.75 Å². The highest BCUT2D eigenvalue weighted by molar-refractivity contribution is 7.92. The number of nitrogens with one attached hydrogen (secondary N) is 6. The predicted octanol–water partition coefficient (Wildman–Crippen LogP) is 7.46. The van der Waals surface area contributed by atoms with E-state index in [1.54, 1.807) is 45.2 Å². The van der Waals surface area contributed by atoms with Crippen LogP contribution in [0.5, 0.6) is 5.75 Å². The lowest BCUT2D eigenvalue weighted by atomic mass is 9.83. The van der Waals surface area contributed by atoms with Gasteiger partial charge in [-0.3, -0.25) is 24.3 Å². The number of fused-ring (bicyclic) bond motifs is 2. The van der Waals surface area contributed by atoms with Crippen molar-refractivity contribution in [1.29, 1.82) is 0 Å². The summed E-state index contributed by atoms with van der Waals surface area (Å²) in [4.78, 5) is 86.4. The van der Waals surface area contributed by atoms with Crippen LogP contribution < -0.4 is 36.2 Å². The second-order valence-electron chi connectivity index (χ2n) is 23.2. The Morgan fingerprint density at radius 1 is 0.889 bits per heavy atom. The van der Waals surface area contributed by atoms with Gasteiger partial charge < -0.3 is 45.9 Å². The standard InChI is InChI=1S/C59H78N12O9S/c1-35-36(2)68-69-52(35)67-53-44-30-49(81(77,78)59(4,5)6)48(31-46(44)62-34-63-53)79-28-14-15-38-24-26-70(27-25-38)50-23-22-41(32-61-50)55(73)64-42-29-47(56(74)65-45-21-13-19-39-16-11-12-20-43(39)45)71(33-42)57(75)51(40-17-9-8-10-18-40)66-54(72)37(3)80-58(76)60-7/h11-12,16,20,22-23,30-32,34,37-38,40,42,45,47,51H,8-10,13-15,17-19,21,24-29,33H2,1-7H3,(H,60,76)(H,64,73)(H,65,74)(H,66,72)(H2,62,63,67,68,69)/t37?,42-,45+,47-,51?/m0/s1. The average molecular weight is 1130 g/mol. The van der Waals surface area contributed by atoms with Gasteiger partial charge in [0.25, 0.3) is 11.8 Å². The van der Waals surface area contributed by atoms with Crippen LogP contribution in [-0.4, -0.2) is 130 Å². The number of likely N-dealkylation sites (tertiary alicyclic amines) is 1. The number of benzene rings is 2. The van der Waals surface area contributed by atoms with Gasteiger partial charge in [-0.1, -0.05) is 43.5 Å². The number of aromatic amines is 1. The van der Waals surface area contributed by atoms with E-state index in [1.165, 1.54) is 30.8 Å². The molecule has 3 fully saturated rings. The number of carbonyl (C=O) groups excluding carboxylic acids is 5. The van der Waals surface area contributed by atoms with Crippen LogP contribution in [-0.2, 0) is 35.4 Å². The molecule has 4 aliphatic rings. The molecule has 0 radical (unpaired) electrons. The first-order valence-corrected chi connectivity index (χ1v) is 30.1. The summed E-state index contributed by atoms with van der Waals surface area (Å²) in [5, 5.41) is 22.7. The summed E-state index contributed by atoms with van der Waals surface area (Å²) in [5.41, 5.74) is 4.93. The minimum Gasteiger partial charge on any atom is -0.492 e. The van der Waals surface area contributed by atoms with Crippen LogP contribution in [0.25, 0.3) is 10.9 Å². The summed E-state index contributed by atoms with van der Waals surface area (Å²) in [6.07, 6.45) is 11.4. The number of hydrogen-bond acceptors (Lipinski definition) is 15. The Labute approximate surface area is 474 Å². The predicted molar refractivity (Wildman–Crippen MR) is 307 cm³/mol. The number of aromatic nitrogens is 5. The van der Waals surface area contributed by atoms with Gasteiger partial charge >= 0.3 is 6.09 Å². The molecule has 3 aromatic heterocycles. The molecule has 5 atom stereocenters. The SMILES string of the molecule is CNC(=O)OC(C)C(=O)NC(C(=O)N1C[C@@H](NC(=O)c2ccc(N3CCC(CCCOc4cc5ncnc(Nc6n[nH]c(C)c6C)c5cc4S(=O)(=O)C(C)(C)C)CC3)nc2)C[C@H]1C(=O)N[C@@H]1CCCc2ccccc21)C1CCCCC1. The quantitative estimate of drug-likeness (QED) is 0.0465. The summed E-state index contributed by atoms with van der Waals surface area (Å²) in [6, 6.07) is 12.2. The molecule has 0 bridgehead atoms. The highest BCUT2D eigenvalue weighted by Crippen LogP contribution is 2.38. The number of nitrogens with zero attached hydrogens (tertiary/aromatic N) is 6. The second-order valence-corrected chi connectivity index (χ2v) is 25.8. The maximum absolute atomic E-state index is 14.9. The van der Waals surface area contributed by atoms with E-state index in [0.29, 0.717) is 59.9 Å². The van der Waals surface area contributed by atoms with E-state index in [-0.39, 0.29) is 47.4 Å². The molecular formula is C59H78N12O9S. The molecule has 434 valence electrons. The molecule has 2 saturated heterocycles. The number of hydrogen-bond donors (Lipinski definition) is 6. The number of rotatable bonds is 18. The summed E-state index contributed by atoms with van der Waals surface area (Å²) < 4.78 is 38.5. The number of sulfone groups is 1. The lowest BCUT2D eigenvalue weighted by Gasteiger charge is -2.35. The van der Waals surface area contributed by atoms with Crippen LogP contribution in [0, 0.1) is 25.7 Å². The van der Waals surface area contributed by atoms with Crippen molar-refractivity contribution in [2.45, 2.75) is 165 Å². The lowest BCUT2D eigenvalue weighted by molar-refractivity contribution is -0.144.